The van der Waals surface area contributed by atoms with E-state index in [1.165, 1.54) is 11.1 Å². The van der Waals surface area contributed by atoms with Gasteiger partial charge in [0.15, 0.2) is 0 Å². The van der Waals surface area contributed by atoms with Crippen LogP contribution in [-0.2, 0) is 6.54 Å². The number of benzene rings is 1. The fourth-order valence-corrected chi connectivity index (χ4v) is 2.09. The van der Waals surface area contributed by atoms with Crippen LogP contribution >= 0.6 is 0 Å². The van der Waals surface area contributed by atoms with Crippen molar-refractivity contribution in [3.8, 4) is 6.07 Å². The second-order valence-electron chi connectivity index (χ2n) is 4.70. The Morgan fingerprint density at radius 1 is 1.16 bits per heavy atom. The molecule has 0 radical (unpaired) electrons. The predicted octanol–water partition coefficient (Wildman–Crippen LogP) is 3.49. The minimum absolute atomic E-state index is 0.624. The van der Waals surface area contributed by atoms with Crippen molar-refractivity contribution >= 4 is 5.82 Å². The molecule has 0 atom stereocenters. The molecule has 0 aliphatic rings. The Labute approximate surface area is 113 Å². The molecule has 0 spiro atoms. The van der Waals surface area contributed by atoms with Crippen molar-refractivity contribution in [2.75, 3.05) is 5.32 Å². The molecule has 0 saturated heterocycles. The van der Waals surface area contributed by atoms with Crippen LogP contribution in [0.4, 0.5) is 5.82 Å². The second kappa shape index (κ2) is 5.53. The molecule has 0 bridgehead atoms. The quantitative estimate of drug-likeness (QED) is 0.908. The molecular formula is C16H17N3. The van der Waals surface area contributed by atoms with Crippen molar-refractivity contribution in [2.24, 2.45) is 0 Å². The van der Waals surface area contributed by atoms with Crippen LogP contribution in [0.5, 0.6) is 0 Å². The summed E-state index contributed by atoms with van der Waals surface area (Å²) in [5.74, 6) is 0.670. The number of aryl methyl sites for hydroxylation is 3. The van der Waals surface area contributed by atoms with Gasteiger partial charge in [-0.25, -0.2) is 4.98 Å². The van der Waals surface area contributed by atoms with E-state index in [-0.39, 0.29) is 0 Å². The summed E-state index contributed by atoms with van der Waals surface area (Å²) in [7, 11) is 0. The van der Waals surface area contributed by atoms with Gasteiger partial charge in [0.25, 0.3) is 0 Å². The fraction of sp³-hybridized carbons (Fsp3) is 0.250. The van der Waals surface area contributed by atoms with E-state index >= 15 is 0 Å². The van der Waals surface area contributed by atoms with Crippen molar-refractivity contribution in [1.82, 2.24) is 4.98 Å². The summed E-state index contributed by atoms with van der Waals surface area (Å²) in [6.07, 6.45) is 0. The molecule has 1 aromatic carbocycles. The standard InChI is InChI=1S/C16H17N3/c1-11-6-4-5-7-14(11)10-18-16-15(9-17)12(2)8-13(3)19-16/h4-8H,10H2,1-3H3,(H,18,19). The van der Waals surface area contributed by atoms with Gasteiger partial charge >= 0.3 is 0 Å². The monoisotopic (exact) mass is 251 g/mol. The van der Waals surface area contributed by atoms with Gasteiger partial charge in [0.1, 0.15) is 11.9 Å². The van der Waals surface area contributed by atoms with E-state index in [1.807, 2.05) is 32.0 Å². The van der Waals surface area contributed by atoms with Crippen molar-refractivity contribution < 1.29 is 0 Å². The van der Waals surface area contributed by atoms with Crippen molar-refractivity contribution in [3.05, 3.63) is 58.3 Å². The number of rotatable bonds is 3. The number of hydrogen-bond acceptors (Lipinski definition) is 3. The molecule has 0 aliphatic carbocycles. The molecule has 0 fully saturated rings. The number of nitrogens with one attached hydrogen (secondary N) is 1. The summed E-state index contributed by atoms with van der Waals surface area (Å²) >= 11 is 0. The van der Waals surface area contributed by atoms with Crippen LogP contribution in [0.25, 0.3) is 0 Å². The molecule has 2 rings (SSSR count). The second-order valence-corrected chi connectivity index (χ2v) is 4.70. The summed E-state index contributed by atoms with van der Waals surface area (Å²) in [5, 5.41) is 12.5. The number of anilines is 1. The number of nitriles is 1. The molecule has 1 N–H and O–H groups in total. The van der Waals surface area contributed by atoms with Gasteiger partial charge in [0.2, 0.25) is 0 Å². The lowest BCUT2D eigenvalue weighted by molar-refractivity contribution is 1.06. The van der Waals surface area contributed by atoms with Gasteiger partial charge in [0, 0.05) is 12.2 Å². The Hall–Kier alpha value is -2.34. The van der Waals surface area contributed by atoms with Gasteiger partial charge in [-0.3, -0.25) is 0 Å². The van der Waals surface area contributed by atoms with E-state index in [9.17, 15) is 5.26 Å². The highest BCUT2D eigenvalue weighted by Gasteiger charge is 2.08. The minimum atomic E-state index is 0.624. The Balaban J connectivity index is 2.25. The number of hydrogen-bond donors (Lipinski definition) is 1. The van der Waals surface area contributed by atoms with E-state index in [1.54, 1.807) is 0 Å². The first-order chi connectivity index (χ1) is 9.11. The lowest BCUT2D eigenvalue weighted by atomic mass is 10.1. The molecule has 0 aliphatic heterocycles. The third kappa shape index (κ3) is 2.92. The Kier molecular flexibility index (Phi) is 3.82. The van der Waals surface area contributed by atoms with E-state index in [0.29, 0.717) is 17.9 Å². The van der Waals surface area contributed by atoms with Gasteiger partial charge < -0.3 is 5.32 Å². The van der Waals surface area contributed by atoms with Crippen LogP contribution < -0.4 is 5.32 Å². The van der Waals surface area contributed by atoms with E-state index in [0.717, 1.165) is 11.3 Å². The summed E-state index contributed by atoms with van der Waals surface area (Å²) in [6.45, 7) is 6.63. The molecule has 0 saturated carbocycles. The maximum Gasteiger partial charge on any atom is 0.144 e. The first-order valence-corrected chi connectivity index (χ1v) is 6.28. The number of nitrogens with zero attached hydrogens (tertiary/aromatic N) is 2. The van der Waals surface area contributed by atoms with E-state index in [2.05, 4.69) is 35.4 Å². The smallest absolute Gasteiger partial charge is 0.144 e. The zero-order valence-electron chi connectivity index (χ0n) is 11.5. The summed E-state index contributed by atoms with van der Waals surface area (Å²) in [6, 6.07) is 12.3. The van der Waals surface area contributed by atoms with Crippen LogP contribution in [0, 0.1) is 32.1 Å². The topological polar surface area (TPSA) is 48.7 Å². The zero-order valence-corrected chi connectivity index (χ0v) is 11.5. The summed E-state index contributed by atoms with van der Waals surface area (Å²) in [4.78, 5) is 4.42. The predicted molar refractivity (Wildman–Crippen MR) is 76.9 cm³/mol. The summed E-state index contributed by atoms with van der Waals surface area (Å²) in [5.41, 5.74) is 4.95. The van der Waals surface area contributed by atoms with Gasteiger partial charge in [-0.2, -0.15) is 5.26 Å². The van der Waals surface area contributed by atoms with Gasteiger partial charge in [-0.05, 0) is 43.5 Å². The molecule has 0 amide bonds. The average molecular weight is 251 g/mol. The average Bonchev–Trinajstić information content (AvgIpc) is 2.37. The lowest BCUT2D eigenvalue weighted by Crippen LogP contribution is -2.06. The maximum absolute atomic E-state index is 9.21. The number of aromatic nitrogens is 1. The zero-order chi connectivity index (χ0) is 13.8. The molecular weight excluding hydrogens is 234 g/mol. The normalized spacial score (nSPS) is 10.0. The van der Waals surface area contributed by atoms with Crippen LogP contribution in [0.15, 0.2) is 30.3 Å². The van der Waals surface area contributed by atoms with Crippen molar-refractivity contribution in [2.45, 2.75) is 27.3 Å². The molecule has 19 heavy (non-hydrogen) atoms. The lowest BCUT2D eigenvalue weighted by Gasteiger charge is -2.11. The Morgan fingerprint density at radius 3 is 2.58 bits per heavy atom. The SMILES string of the molecule is Cc1cc(C)c(C#N)c(NCc2ccccc2C)n1. The van der Waals surface area contributed by atoms with Crippen LogP contribution in [-0.4, -0.2) is 4.98 Å². The highest BCUT2D eigenvalue weighted by molar-refractivity contribution is 5.56. The third-order valence-corrected chi connectivity index (χ3v) is 3.16. The maximum atomic E-state index is 9.21. The van der Waals surface area contributed by atoms with Gasteiger partial charge in [-0.1, -0.05) is 24.3 Å². The van der Waals surface area contributed by atoms with Crippen molar-refractivity contribution in [1.29, 1.82) is 5.26 Å². The van der Waals surface area contributed by atoms with E-state index < -0.39 is 0 Å². The molecule has 96 valence electrons. The van der Waals surface area contributed by atoms with Crippen LogP contribution in [0.3, 0.4) is 0 Å². The van der Waals surface area contributed by atoms with E-state index in [4.69, 9.17) is 0 Å². The van der Waals surface area contributed by atoms with Crippen molar-refractivity contribution in [3.63, 3.8) is 0 Å². The summed E-state index contributed by atoms with van der Waals surface area (Å²) < 4.78 is 0. The first-order valence-electron chi connectivity index (χ1n) is 6.28. The minimum Gasteiger partial charge on any atom is -0.365 e. The highest BCUT2D eigenvalue weighted by atomic mass is 15.0. The Bertz CT molecular complexity index is 639. The Morgan fingerprint density at radius 2 is 1.89 bits per heavy atom. The fourth-order valence-electron chi connectivity index (χ4n) is 2.09. The molecule has 1 heterocycles. The molecule has 0 unspecified atom stereocenters. The highest BCUT2D eigenvalue weighted by Crippen LogP contribution is 2.19. The van der Waals surface area contributed by atoms with Gasteiger partial charge in [0.05, 0.1) is 5.56 Å². The van der Waals surface area contributed by atoms with Gasteiger partial charge in [-0.15, -0.1) is 0 Å². The third-order valence-electron chi connectivity index (χ3n) is 3.16. The van der Waals surface area contributed by atoms with Crippen LogP contribution in [0.2, 0.25) is 0 Å². The largest absolute Gasteiger partial charge is 0.365 e. The van der Waals surface area contributed by atoms with Crippen LogP contribution in [0.1, 0.15) is 27.9 Å². The molecule has 3 heteroatoms. The molecule has 2 aromatic rings. The molecule has 3 nitrogen and oxygen atoms in total. The first kappa shape index (κ1) is 13.1. The molecule has 1 aromatic heterocycles. The number of pyridine rings is 1.